The fourth-order valence-electron chi connectivity index (χ4n) is 4.30. The summed E-state index contributed by atoms with van der Waals surface area (Å²) >= 11 is 0. The summed E-state index contributed by atoms with van der Waals surface area (Å²) in [4.78, 5) is 9.58. The lowest BCUT2D eigenvalue weighted by atomic mass is 10.00. The van der Waals surface area contributed by atoms with Gasteiger partial charge in [0.05, 0.1) is 11.1 Å². The lowest BCUT2D eigenvalue weighted by Crippen LogP contribution is -2.20. The van der Waals surface area contributed by atoms with Crippen LogP contribution in [0.3, 0.4) is 0 Å². The molecule has 194 valence electrons. The van der Waals surface area contributed by atoms with Gasteiger partial charge < -0.3 is 10.6 Å². The second-order valence-electron chi connectivity index (χ2n) is 9.18. The average Bonchev–Trinajstić information content (AvgIpc) is 2.87. The van der Waals surface area contributed by atoms with Crippen molar-refractivity contribution in [2.24, 2.45) is 0 Å². The van der Waals surface area contributed by atoms with Gasteiger partial charge in [-0.1, -0.05) is 37.3 Å². The number of fused-ring (bicyclic) bond motifs is 1. The third-order valence-electron chi connectivity index (χ3n) is 6.28. The van der Waals surface area contributed by atoms with Gasteiger partial charge in [-0.25, -0.2) is 14.4 Å². The van der Waals surface area contributed by atoms with Gasteiger partial charge in [0.1, 0.15) is 11.6 Å². The van der Waals surface area contributed by atoms with E-state index in [2.05, 4.69) is 24.5 Å². The molecule has 1 atom stereocenters. The summed E-state index contributed by atoms with van der Waals surface area (Å²) in [6.07, 6.45) is -2.60. The molecule has 0 aliphatic carbocycles. The number of alkyl halides is 3. The van der Waals surface area contributed by atoms with Gasteiger partial charge in [-0.3, -0.25) is 0 Å². The van der Waals surface area contributed by atoms with Crippen molar-refractivity contribution in [1.29, 1.82) is 0 Å². The first-order valence-corrected chi connectivity index (χ1v) is 12.4. The van der Waals surface area contributed by atoms with Gasteiger partial charge in [-0.15, -0.1) is 0 Å². The topological polar surface area (TPSA) is 49.8 Å². The minimum atomic E-state index is -4.57. The highest BCUT2D eigenvalue weighted by Gasteiger charge is 2.31. The Bertz CT molecular complexity index is 1380. The van der Waals surface area contributed by atoms with Gasteiger partial charge >= 0.3 is 6.18 Å². The lowest BCUT2D eigenvalue weighted by molar-refractivity contribution is -0.137. The quantitative estimate of drug-likeness (QED) is 0.180. The maximum atomic E-state index is 14.6. The van der Waals surface area contributed by atoms with E-state index in [9.17, 15) is 17.6 Å². The smallest absolute Gasteiger partial charge is 0.367 e. The van der Waals surface area contributed by atoms with Crippen LogP contribution >= 0.6 is 0 Å². The third kappa shape index (κ3) is 6.25. The molecule has 0 radical (unpaired) electrons. The fraction of sp³-hybridized carbons (Fsp3) is 0.310. The van der Waals surface area contributed by atoms with E-state index in [1.54, 1.807) is 24.3 Å². The van der Waals surface area contributed by atoms with E-state index in [1.165, 1.54) is 0 Å². The van der Waals surface area contributed by atoms with Crippen LogP contribution in [0.5, 0.6) is 0 Å². The number of para-hydroxylation sites is 1. The first-order valence-electron chi connectivity index (χ1n) is 12.4. The SMILES string of the molecule is CCNCCCC(C)Nc1nc(-c2cccc(-c3cc(C(F)(F)F)ccc3F)c2)nc2c(C)cccc12. The van der Waals surface area contributed by atoms with Gasteiger partial charge in [0.2, 0.25) is 0 Å². The molecule has 0 saturated carbocycles. The standard InChI is InChI=1S/C29H30F4N4/c1-4-34-15-7-9-19(3)35-28-23-12-5-8-18(2)26(23)36-27(37-28)21-11-6-10-20(16-21)24-17-22(29(31,32)33)13-14-25(24)30/h5-6,8,10-14,16-17,19,34H,4,7,9,15H2,1-3H3,(H,35,36,37). The Morgan fingerprint density at radius 1 is 0.946 bits per heavy atom. The summed E-state index contributed by atoms with van der Waals surface area (Å²) in [7, 11) is 0. The highest BCUT2D eigenvalue weighted by atomic mass is 19.4. The predicted octanol–water partition coefficient (Wildman–Crippen LogP) is 7.62. The van der Waals surface area contributed by atoms with Crippen LogP contribution in [0.15, 0.2) is 60.7 Å². The van der Waals surface area contributed by atoms with Crippen molar-refractivity contribution in [2.75, 3.05) is 18.4 Å². The molecule has 0 saturated heterocycles. The van der Waals surface area contributed by atoms with E-state index in [1.807, 2.05) is 25.1 Å². The zero-order chi connectivity index (χ0) is 26.6. The molecule has 37 heavy (non-hydrogen) atoms. The Kier molecular flexibility index (Phi) is 8.07. The van der Waals surface area contributed by atoms with E-state index in [-0.39, 0.29) is 11.6 Å². The number of nitrogens with one attached hydrogen (secondary N) is 2. The van der Waals surface area contributed by atoms with Gasteiger partial charge in [0, 0.05) is 22.6 Å². The summed E-state index contributed by atoms with van der Waals surface area (Å²) < 4.78 is 54.4. The summed E-state index contributed by atoms with van der Waals surface area (Å²) in [6.45, 7) is 8.03. The zero-order valence-electron chi connectivity index (χ0n) is 21.1. The lowest BCUT2D eigenvalue weighted by Gasteiger charge is -2.18. The van der Waals surface area contributed by atoms with E-state index in [0.29, 0.717) is 22.8 Å². The molecule has 1 heterocycles. The van der Waals surface area contributed by atoms with Crippen molar-refractivity contribution in [3.8, 4) is 22.5 Å². The van der Waals surface area contributed by atoms with Crippen LogP contribution in [-0.2, 0) is 6.18 Å². The Morgan fingerprint density at radius 2 is 1.70 bits per heavy atom. The summed E-state index contributed by atoms with van der Waals surface area (Å²) in [5, 5.41) is 7.73. The number of hydrogen-bond donors (Lipinski definition) is 2. The molecule has 1 aromatic heterocycles. The molecule has 0 fully saturated rings. The van der Waals surface area contributed by atoms with Gasteiger partial charge in [0.25, 0.3) is 0 Å². The number of benzene rings is 3. The van der Waals surface area contributed by atoms with Gasteiger partial charge in [-0.2, -0.15) is 13.2 Å². The van der Waals surface area contributed by atoms with Crippen LogP contribution < -0.4 is 10.6 Å². The molecule has 3 aromatic carbocycles. The maximum absolute atomic E-state index is 14.6. The predicted molar refractivity (Wildman–Crippen MR) is 141 cm³/mol. The molecule has 4 rings (SSSR count). The summed E-state index contributed by atoms with van der Waals surface area (Å²) in [6, 6.07) is 15.1. The second kappa shape index (κ2) is 11.3. The molecule has 4 aromatic rings. The van der Waals surface area contributed by atoms with Crippen molar-refractivity contribution >= 4 is 16.7 Å². The normalized spacial score (nSPS) is 12.6. The van der Waals surface area contributed by atoms with Crippen LogP contribution in [0.1, 0.15) is 37.8 Å². The molecular formula is C29H30F4N4. The van der Waals surface area contributed by atoms with Crippen LogP contribution in [-0.4, -0.2) is 29.1 Å². The first kappa shape index (κ1) is 26.5. The molecule has 0 bridgehead atoms. The monoisotopic (exact) mass is 510 g/mol. The van der Waals surface area contributed by atoms with Crippen molar-refractivity contribution in [3.63, 3.8) is 0 Å². The molecule has 2 N–H and O–H groups in total. The van der Waals surface area contributed by atoms with Crippen LogP contribution in [0.2, 0.25) is 0 Å². The highest BCUT2D eigenvalue weighted by Crippen LogP contribution is 2.35. The molecule has 0 spiro atoms. The second-order valence-corrected chi connectivity index (χ2v) is 9.18. The first-order chi connectivity index (χ1) is 17.7. The molecule has 4 nitrogen and oxygen atoms in total. The number of rotatable bonds is 9. The Balaban J connectivity index is 1.73. The highest BCUT2D eigenvalue weighted by molar-refractivity contribution is 5.92. The van der Waals surface area contributed by atoms with Gasteiger partial charge in [-0.05, 0) is 81.2 Å². The minimum absolute atomic E-state index is 0.124. The zero-order valence-corrected chi connectivity index (χ0v) is 21.1. The number of halogens is 4. The molecule has 1 unspecified atom stereocenters. The van der Waals surface area contributed by atoms with Crippen molar-refractivity contribution < 1.29 is 17.6 Å². The fourth-order valence-corrected chi connectivity index (χ4v) is 4.30. The number of aryl methyl sites for hydroxylation is 1. The van der Waals surface area contributed by atoms with Crippen LogP contribution in [0.25, 0.3) is 33.4 Å². The minimum Gasteiger partial charge on any atom is -0.367 e. The number of aromatic nitrogens is 2. The van der Waals surface area contributed by atoms with Crippen LogP contribution in [0.4, 0.5) is 23.4 Å². The molecule has 0 amide bonds. The van der Waals surface area contributed by atoms with E-state index < -0.39 is 17.6 Å². The van der Waals surface area contributed by atoms with E-state index >= 15 is 0 Å². The maximum Gasteiger partial charge on any atom is 0.416 e. The Labute approximate surface area is 214 Å². The summed E-state index contributed by atoms with van der Waals surface area (Å²) in [5.41, 5.74) is 1.64. The molecule has 8 heteroatoms. The number of nitrogens with zero attached hydrogens (tertiary/aromatic N) is 2. The van der Waals surface area contributed by atoms with Crippen LogP contribution in [0, 0.1) is 12.7 Å². The number of hydrogen-bond acceptors (Lipinski definition) is 4. The largest absolute Gasteiger partial charge is 0.416 e. The molecule has 0 aliphatic rings. The third-order valence-corrected chi connectivity index (χ3v) is 6.28. The van der Waals surface area contributed by atoms with Gasteiger partial charge in [0.15, 0.2) is 5.82 Å². The van der Waals surface area contributed by atoms with Crippen molar-refractivity contribution in [1.82, 2.24) is 15.3 Å². The molecule has 0 aliphatic heterocycles. The Morgan fingerprint density at radius 3 is 2.46 bits per heavy atom. The molecular weight excluding hydrogens is 480 g/mol. The van der Waals surface area contributed by atoms with E-state index in [4.69, 9.17) is 9.97 Å². The number of anilines is 1. The Hall–Kier alpha value is -3.52. The van der Waals surface area contributed by atoms with Crippen molar-refractivity contribution in [2.45, 2.75) is 45.8 Å². The van der Waals surface area contributed by atoms with E-state index in [0.717, 1.165) is 60.6 Å². The van der Waals surface area contributed by atoms with Crippen molar-refractivity contribution in [3.05, 3.63) is 77.6 Å². The average molecular weight is 511 g/mol. The summed E-state index contributed by atoms with van der Waals surface area (Å²) in [5.74, 6) is 0.378.